The average Bonchev–Trinajstić information content (AvgIpc) is 3.30. The summed E-state index contributed by atoms with van der Waals surface area (Å²) in [5.74, 6) is 1.69. The van der Waals surface area contributed by atoms with Crippen molar-refractivity contribution in [2.24, 2.45) is 5.92 Å². The lowest BCUT2D eigenvalue weighted by molar-refractivity contribution is 0.0652. The predicted octanol–water partition coefficient (Wildman–Crippen LogP) is 1.78. The summed E-state index contributed by atoms with van der Waals surface area (Å²) in [5, 5.41) is 7.82. The van der Waals surface area contributed by atoms with E-state index in [9.17, 15) is 4.79 Å². The zero-order valence-electron chi connectivity index (χ0n) is 14.3. The number of amides is 1. The largest absolute Gasteiger partial charge is 0.381 e. The Kier molecular flexibility index (Phi) is 4.85. The Morgan fingerprint density at radius 2 is 2.00 bits per heavy atom. The highest BCUT2D eigenvalue weighted by molar-refractivity contribution is 5.94. The number of likely N-dealkylation sites (tertiary alicyclic amines) is 1. The van der Waals surface area contributed by atoms with Gasteiger partial charge in [-0.05, 0) is 51.0 Å². The maximum atomic E-state index is 12.7. The van der Waals surface area contributed by atoms with Crippen molar-refractivity contribution in [1.29, 1.82) is 0 Å². The van der Waals surface area contributed by atoms with E-state index in [0.717, 1.165) is 89.1 Å². The molecule has 4 rings (SSSR count). The van der Waals surface area contributed by atoms with Crippen LogP contribution >= 0.6 is 0 Å². The summed E-state index contributed by atoms with van der Waals surface area (Å²) in [4.78, 5) is 14.6. The van der Waals surface area contributed by atoms with Crippen LogP contribution < -0.4 is 5.32 Å². The first-order valence-electron chi connectivity index (χ1n) is 9.39. The van der Waals surface area contributed by atoms with E-state index < -0.39 is 0 Å². The molecule has 132 valence electrons. The molecule has 0 saturated carbocycles. The zero-order valence-corrected chi connectivity index (χ0v) is 14.3. The molecule has 1 aromatic heterocycles. The summed E-state index contributed by atoms with van der Waals surface area (Å²) < 4.78 is 10.9. The van der Waals surface area contributed by atoms with Crippen molar-refractivity contribution in [2.75, 3.05) is 32.8 Å². The van der Waals surface area contributed by atoms with E-state index >= 15 is 0 Å². The van der Waals surface area contributed by atoms with Gasteiger partial charge < -0.3 is 19.5 Å². The molecule has 0 radical (unpaired) electrons. The number of ether oxygens (including phenoxy) is 1. The van der Waals surface area contributed by atoms with Gasteiger partial charge in [-0.2, -0.15) is 0 Å². The third-order valence-corrected chi connectivity index (χ3v) is 5.67. The molecule has 1 N–H and O–H groups in total. The molecule has 3 heterocycles. The van der Waals surface area contributed by atoms with E-state index in [4.69, 9.17) is 9.26 Å². The van der Waals surface area contributed by atoms with Crippen LogP contribution in [0.3, 0.4) is 0 Å². The number of aryl methyl sites for hydroxylation is 1. The number of fused-ring (bicyclic) bond motifs is 1. The molecule has 2 saturated heterocycles. The molecule has 3 aliphatic rings. The molecule has 1 amide bonds. The van der Waals surface area contributed by atoms with Gasteiger partial charge in [-0.15, -0.1) is 0 Å². The van der Waals surface area contributed by atoms with E-state index in [1.165, 1.54) is 0 Å². The average molecular weight is 333 g/mol. The number of nitrogens with zero attached hydrogens (tertiary/aromatic N) is 2. The number of carbonyl (C=O) groups is 1. The quantitative estimate of drug-likeness (QED) is 0.910. The third-order valence-electron chi connectivity index (χ3n) is 5.67. The summed E-state index contributed by atoms with van der Waals surface area (Å²) in [7, 11) is 0. The van der Waals surface area contributed by atoms with Crippen molar-refractivity contribution in [3.63, 3.8) is 0 Å². The van der Waals surface area contributed by atoms with Crippen LogP contribution in [-0.4, -0.2) is 54.9 Å². The minimum absolute atomic E-state index is 0.0579. The molecule has 0 bridgehead atoms. The Bertz CT molecular complexity index is 574. The van der Waals surface area contributed by atoms with Gasteiger partial charge in [-0.1, -0.05) is 5.16 Å². The van der Waals surface area contributed by atoms with Gasteiger partial charge in [0, 0.05) is 44.3 Å². The summed E-state index contributed by atoms with van der Waals surface area (Å²) in [5.41, 5.74) is 1.60. The predicted molar refractivity (Wildman–Crippen MR) is 89.0 cm³/mol. The second kappa shape index (κ2) is 7.23. The summed E-state index contributed by atoms with van der Waals surface area (Å²) in [6, 6.07) is 0.421. The van der Waals surface area contributed by atoms with Crippen molar-refractivity contribution in [1.82, 2.24) is 15.4 Å². The normalized spacial score (nSPS) is 25.0. The van der Waals surface area contributed by atoms with Gasteiger partial charge in [0.05, 0.1) is 0 Å². The van der Waals surface area contributed by atoms with E-state index in [1.807, 2.05) is 4.90 Å². The SMILES string of the molecule is O=C(c1noc2c1CC(NCC1CCOCC1)CC2)N1CCCC1. The number of hydrogen-bond donors (Lipinski definition) is 1. The molecule has 0 spiro atoms. The maximum Gasteiger partial charge on any atom is 0.276 e. The van der Waals surface area contributed by atoms with Gasteiger partial charge in [-0.25, -0.2) is 0 Å². The van der Waals surface area contributed by atoms with Gasteiger partial charge >= 0.3 is 0 Å². The van der Waals surface area contributed by atoms with E-state index in [1.54, 1.807) is 0 Å². The number of rotatable bonds is 4. The first-order chi connectivity index (χ1) is 11.8. The molecule has 2 fully saturated rings. The van der Waals surface area contributed by atoms with Crippen LogP contribution in [0.1, 0.15) is 53.9 Å². The first kappa shape index (κ1) is 16.1. The minimum atomic E-state index is 0.0579. The molecule has 1 atom stereocenters. The molecule has 24 heavy (non-hydrogen) atoms. The highest BCUT2D eigenvalue weighted by Gasteiger charge is 2.31. The first-order valence-corrected chi connectivity index (χ1v) is 9.39. The standard InChI is InChI=1S/C18H27N3O3/c22-18(21-7-1-2-8-21)17-15-11-14(3-4-16(15)24-20-17)19-12-13-5-9-23-10-6-13/h13-14,19H,1-12H2. The van der Waals surface area contributed by atoms with Crippen molar-refractivity contribution >= 4 is 5.91 Å². The molecule has 6 heteroatoms. The van der Waals surface area contributed by atoms with Crippen molar-refractivity contribution in [2.45, 2.75) is 51.0 Å². The zero-order chi connectivity index (χ0) is 16.4. The van der Waals surface area contributed by atoms with Crippen LogP contribution in [0.2, 0.25) is 0 Å². The second-order valence-electron chi connectivity index (χ2n) is 7.34. The molecule has 1 aromatic rings. The van der Waals surface area contributed by atoms with Crippen LogP contribution in [0.15, 0.2) is 4.52 Å². The minimum Gasteiger partial charge on any atom is -0.381 e. The Balaban J connectivity index is 1.38. The fourth-order valence-electron chi connectivity index (χ4n) is 4.10. The van der Waals surface area contributed by atoms with E-state index in [2.05, 4.69) is 10.5 Å². The van der Waals surface area contributed by atoms with Gasteiger partial charge in [0.25, 0.3) is 5.91 Å². The highest BCUT2D eigenvalue weighted by atomic mass is 16.5. The van der Waals surface area contributed by atoms with Crippen LogP contribution in [0, 0.1) is 5.92 Å². The lowest BCUT2D eigenvalue weighted by Crippen LogP contribution is -2.39. The van der Waals surface area contributed by atoms with Crippen LogP contribution in [0.5, 0.6) is 0 Å². The smallest absolute Gasteiger partial charge is 0.276 e. The number of aromatic nitrogens is 1. The summed E-state index contributed by atoms with van der Waals surface area (Å²) in [6.45, 7) is 4.53. The van der Waals surface area contributed by atoms with Gasteiger partial charge in [0.1, 0.15) is 5.76 Å². The second-order valence-corrected chi connectivity index (χ2v) is 7.34. The number of hydrogen-bond acceptors (Lipinski definition) is 5. The van der Waals surface area contributed by atoms with Crippen LogP contribution in [0.4, 0.5) is 0 Å². The topological polar surface area (TPSA) is 67.6 Å². The van der Waals surface area contributed by atoms with Crippen molar-refractivity contribution < 1.29 is 14.1 Å². The molecule has 1 aliphatic carbocycles. The van der Waals surface area contributed by atoms with Crippen molar-refractivity contribution in [3.8, 4) is 0 Å². The maximum absolute atomic E-state index is 12.7. The van der Waals surface area contributed by atoms with Crippen LogP contribution in [-0.2, 0) is 17.6 Å². The third kappa shape index (κ3) is 3.35. The number of nitrogens with one attached hydrogen (secondary N) is 1. The lowest BCUT2D eigenvalue weighted by Gasteiger charge is -2.27. The number of carbonyl (C=O) groups excluding carboxylic acids is 1. The van der Waals surface area contributed by atoms with E-state index in [0.29, 0.717) is 17.7 Å². The fraction of sp³-hybridized carbons (Fsp3) is 0.778. The molecule has 2 aliphatic heterocycles. The fourth-order valence-corrected chi connectivity index (χ4v) is 4.10. The van der Waals surface area contributed by atoms with Crippen LogP contribution in [0.25, 0.3) is 0 Å². The molecular formula is C18H27N3O3. The van der Waals surface area contributed by atoms with Gasteiger partial charge in [0.2, 0.25) is 0 Å². The molecule has 1 unspecified atom stereocenters. The molecular weight excluding hydrogens is 306 g/mol. The lowest BCUT2D eigenvalue weighted by atomic mass is 9.91. The highest BCUT2D eigenvalue weighted by Crippen LogP contribution is 2.27. The Hall–Kier alpha value is -1.40. The summed E-state index contributed by atoms with van der Waals surface area (Å²) >= 11 is 0. The summed E-state index contributed by atoms with van der Waals surface area (Å²) in [6.07, 6.45) is 7.29. The van der Waals surface area contributed by atoms with Gasteiger partial charge in [0.15, 0.2) is 5.69 Å². The van der Waals surface area contributed by atoms with Gasteiger partial charge in [-0.3, -0.25) is 4.79 Å². The van der Waals surface area contributed by atoms with E-state index in [-0.39, 0.29) is 5.91 Å². The Morgan fingerprint density at radius 3 is 2.79 bits per heavy atom. The molecule has 0 aromatic carbocycles. The Morgan fingerprint density at radius 1 is 1.21 bits per heavy atom. The monoisotopic (exact) mass is 333 g/mol. The van der Waals surface area contributed by atoms with Crippen molar-refractivity contribution in [3.05, 3.63) is 17.0 Å². The molecule has 6 nitrogen and oxygen atoms in total. The Labute approximate surface area is 142 Å².